The maximum absolute atomic E-state index is 9.23. The lowest BCUT2D eigenvalue weighted by molar-refractivity contribution is 0.382. The molecule has 27 heavy (non-hydrogen) atoms. The van der Waals surface area contributed by atoms with Crippen LogP contribution in [0, 0.1) is 0 Å². The van der Waals surface area contributed by atoms with Crippen molar-refractivity contribution in [1.29, 1.82) is 0 Å². The van der Waals surface area contributed by atoms with E-state index in [-0.39, 0.29) is 5.95 Å². The van der Waals surface area contributed by atoms with Crippen LogP contribution in [0.4, 0.5) is 23.5 Å². The largest absolute Gasteiger partial charge is 0.350 e. The molecule has 1 heterocycles. The van der Waals surface area contributed by atoms with Gasteiger partial charge in [0.15, 0.2) is 0 Å². The summed E-state index contributed by atoms with van der Waals surface area (Å²) < 4.78 is 0. The number of fused-ring (bicyclic) bond motifs is 1. The van der Waals surface area contributed by atoms with Crippen LogP contribution in [-0.4, -0.2) is 20.2 Å². The molecule has 0 radical (unpaired) electrons. The van der Waals surface area contributed by atoms with E-state index >= 15 is 0 Å². The summed E-state index contributed by atoms with van der Waals surface area (Å²) in [7, 11) is 0. The van der Waals surface area contributed by atoms with Crippen molar-refractivity contribution < 1.29 is 5.21 Å². The zero-order valence-corrected chi connectivity index (χ0v) is 15.3. The molecular formula is C19H19ClN6O. The van der Waals surface area contributed by atoms with Crippen LogP contribution < -0.4 is 16.1 Å². The van der Waals surface area contributed by atoms with Crippen LogP contribution >= 0.6 is 11.6 Å². The minimum absolute atomic E-state index is 0.0512. The van der Waals surface area contributed by atoms with Crippen LogP contribution in [0.5, 0.6) is 0 Å². The fourth-order valence-corrected chi connectivity index (χ4v) is 3.36. The maximum Gasteiger partial charge on any atom is 0.253 e. The number of benzene rings is 2. The van der Waals surface area contributed by atoms with Crippen LogP contribution in [0.3, 0.4) is 0 Å². The number of rotatable bonds is 6. The Morgan fingerprint density at radius 3 is 2.56 bits per heavy atom. The van der Waals surface area contributed by atoms with E-state index < -0.39 is 0 Å². The van der Waals surface area contributed by atoms with E-state index in [0.29, 0.717) is 23.5 Å². The van der Waals surface area contributed by atoms with E-state index in [4.69, 9.17) is 11.6 Å². The molecule has 0 bridgehead atoms. The molecule has 138 valence electrons. The van der Waals surface area contributed by atoms with Gasteiger partial charge in [0.25, 0.3) is 5.95 Å². The maximum atomic E-state index is 9.23. The first-order chi connectivity index (χ1) is 13.2. The third-order valence-electron chi connectivity index (χ3n) is 4.48. The average Bonchev–Trinajstić information content (AvgIpc) is 3.15. The Kier molecular flexibility index (Phi) is 5.04. The first kappa shape index (κ1) is 17.5. The number of aromatic nitrogens is 3. The molecule has 0 amide bonds. The fourth-order valence-electron chi connectivity index (χ4n) is 3.16. The highest BCUT2D eigenvalue weighted by Gasteiger charge is 2.12. The number of anilines is 4. The Bertz CT molecular complexity index is 965. The molecular weight excluding hydrogens is 364 g/mol. The van der Waals surface area contributed by atoms with Crippen LogP contribution in [0.2, 0.25) is 5.02 Å². The molecule has 0 saturated heterocycles. The zero-order valence-electron chi connectivity index (χ0n) is 14.5. The van der Waals surface area contributed by atoms with Crippen LogP contribution in [0.1, 0.15) is 23.1 Å². The molecule has 0 aliphatic heterocycles. The van der Waals surface area contributed by atoms with Gasteiger partial charge in [-0.3, -0.25) is 5.21 Å². The second-order valence-electron chi connectivity index (χ2n) is 6.33. The molecule has 2 aromatic carbocycles. The van der Waals surface area contributed by atoms with Crippen LogP contribution in [-0.2, 0) is 19.4 Å². The molecule has 0 saturated carbocycles. The van der Waals surface area contributed by atoms with Crippen molar-refractivity contribution in [3.05, 3.63) is 64.2 Å². The fraction of sp³-hybridized carbons (Fsp3) is 0.211. The molecule has 0 fully saturated rings. The summed E-state index contributed by atoms with van der Waals surface area (Å²) in [4.78, 5) is 12.6. The molecule has 7 nitrogen and oxygen atoms in total. The zero-order chi connectivity index (χ0) is 18.6. The Labute approximate surface area is 161 Å². The summed E-state index contributed by atoms with van der Waals surface area (Å²) in [5.41, 5.74) is 6.56. The monoisotopic (exact) mass is 382 g/mol. The summed E-state index contributed by atoms with van der Waals surface area (Å²) >= 11 is 6.18. The highest BCUT2D eigenvalue weighted by atomic mass is 35.5. The van der Waals surface area contributed by atoms with Gasteiger partial charge in [0, 0.05) is 17.3 Å². The predicted molar refractivity (Wildman–Crippen MR) is 106 cm³/mol. The van der Waals surface area contributed by atoms with Gasteiger partial charge in [-0.2, -0.15) is 15.0 Å². The van der Waals surface area contributed by atoms with Crippen molar-refractivity contribution in [2.45, 2.75) is 25.8 Å². The van der Waals surface area contributed by atoms with E-state index in [0.717, 1.165) is 24.1 Å². The molecule has 0 atom stereocenters. The number of hydrogen-bond acceptors (Lipinski definition) is 7. The lowest BCUT2D eigenvalue weighted by Gasteiger charge is -2.11. The van der Waals surface area contributed by atoms with Crippen molar-refractivity contribution in [3.8, 4) is 0 Å². The smallest absolute Gasteiger partial charge is 0.253 e. The Morgan fingerprint density at radius 2 is 1.70 bits per heavy atom. The molecule has 0 spiro atoms. The van der Waals surface area contributed by atoms with E-state index in [1.54, 1.807) is 0 Å². The minimum atomic E-state index is 0.0512. The molecule has 1 aliphatic carbocycles. The highest BCUT2D eigenvalue weighted by molar-refractivity contribution is 6.31. The first-order valence-corrected chi connectivity index (χ1v) is 9.11. The molecule has 4 rings (SSSR count). The van der Waals surface area contributed by atoms with Gasteiger partial charge in [-0.05, 0) is 54.2 Å². The van der Waals surface area contributed by atoms with E-state index in [2.05, 4.69) is 37.7 Å². The van der Waals surface area contributed by atoms with Crippen molar-refractivity contribution in [2.75, 3.05) is 16.1 Å². The standard InChI is InChI=1S/C19H19ClN6O/c20-16-7-2-1-4-14(16)11-21-17-23-18(25-19(24-17)26-27)22-15-9-8-12-5-3-6-13(12)10-15/h1-2,4,7-10,27H,3,5-6,11H2,(H3,21,22,23,24,25,26). The highest BCUT2D eigenvalue weighted by Crippen LogP contribution is 2.26. The molecule has 1 aliphatic rings. The van der Waals surface area contributed by atoms with Gasteiger partial charge in [-0.1, -0.05) is 35.9 Å². The Balaban J connectivity index is 1.53. The SMILES string of the molecule is ONc1nc(NCc2ccccc2Cl)nc(Nc2ccc3c(c2)CCC3)n1. The van der Waals surface area contributed by atoms with Gasteiger partial charge in [0.1, 0.15) is 0 Å². The molecule has 0 unspecified atom stereocenters. The van der Waals surface area contributed by atoms with Gasteiger partial charge in [-0.15, -0.1) is 0 Å². The van der Waals surface area contributed by atoms with Crippen molar-refractivity contribution in [2.24, 2.45) is 0 Å². The third-order valence-corrected chi connectivity index (χ3v) is 4.85. The summed E-state index contributed by atoms with van der Waals surface area (Å²) in [5, 5.41) is 16.2. The quantitative estimate of drug-likeness (QED) is 0.475. The van der Waals surface area contributed by atoms with E-state index in [1.165, 1.54) is 17.5 Å². The number of hydrogen-bond donors (Lipinski definition) is 4. The van der Waals surface area contributed by atoms with Gasteiger partial charge < -0.3 is 10.6 Å². The molecule has 8 heteroatoms. The topological polar surface area (TPSA) is 95.0 Å². The number of nitrogens with one attached hydrogen (secondary N) is 3. The van der Waals surface area contributed by atoms with E-state index in [1.807, 2.05) is 35.8 Å². The van der Waals surface area contributed by atoms with Crippen molar-refractivity contribution in [1.82, 2.24) is 15.0 Å². The normalized spacial score (nSPS) is 12.5. The first-order valence-electron chi connectivity index (χ1n) is 8.73. The number of halogens is 1. The summed E-state index contributed by atoms with van der Waals surface area (Å²) in [6, 6.07) is 13.8. The van der Waals surface area contributed by atoms with Crippen molar-refractivity contribution in [3.63, 3.8) is 0 Å². The number of aryl methyl sites for hydroxylation is 2. The van der Waals surface area contributed by atoms with Gasteiger partial charge >= 0.3 is 0 Å². The van der Waals surface area contributed by atoms with E-state index in [9.17, 15) is 5.21 Å². The second kappa shape index (κ2) is 7.77. The number of nitrogens with zero attached hydrogens (tertiary/aromatic N) is 3. The summed E-state index contributed by atoms with van der Waals surface area (Å²) in [6.07, 6.45) is 3.42. The molecule has 1 aromatic heterocycles. The summed E-state index contributed by atoms with van der Waals surface area (Å²) in [5.74, 6) is 0.710. The van der Waals surface area contributed by atoms with Gasteiger partial charge in [0.05, 0.1) is 0 Å². The van der Waals surface area contributed by atoms with Crippen LogP contribution in [0.15, 0.2) is 42.5 Å². The summed E-state index contributed by atoms with van der Waals surface area (Å²) in [6.45, 7) is 0.451. The third kappa shape index (κ3) is 4.10. The minimum Gasteiger partial charge on any atom is -0.350 e. The molecule has 4 N–H and O–H groups in total. The predicted octanol–water partition coefficient (Wildman–Crippen LogP) is 4.17. The van der Waals surface area contributed by atoms with Crippen molar-refractivity contribution >= 4 is 35.1 Å². The van der Waals surface area contributed by atoms with Crippen LogP contribution in [0.25, 0.3) is 0 Å². The lowest BCUT2D eigenvalue weighted by atomic mass is 10.1. The molecule has 3 aromatic rings. The average molecular weight is 383 g/mol. The van der Waals surface area contributed by atoms with Gasteiger partial charge in [0.2, 0.25) is 11.9 Å². The second-order valence-corrected chi connectivity index (χ2v) is 6.73. The lowest BCUT2D eigenvalue weighted by Crippen LogP contribution is -2.10. The Morgan fingerprint density at radius 1 is 0.926 bits per heavy atom. The Hall–Kier alpha value is -2.90. The van der Waals surface area contributed by atoms with Gasteiger partial charge in [-0.25, -0.2) is 5.48 Å².